The van der Waals surface area contributed by atoms with Crippen molar-refractivity contribution in [3.05, 3.63) is 65.2 Å². The molecule has 1 heterocycles. The molecule has 2 aromatic carbocycles. The largest absolute Gasteiger partial charge is 0.457 e. The summed E-state index contributed by atoms with van der Waals surface area (Å²) in [5, 5.41) is 6.64. The summed E-state index contributed by atoms with van der Waals surface area (Å²) in [4.78, 5) is 12.6. The summed E-state index contributed by atoms with van der Waals surface area (Å²) < 4.78 is 9.46. The maximum atomic E-state index is 12.1. The SMILES string of the molecule is Cc1nnsc1C(=O)Nc1ccc(Oc2ccccc2)cc1. The molecule has 0 saturated carbocycles. The van der Waals surface area contributed by atoms with Crippen LogP contribution in [0.4, 0.5) is 5.69 Å². The molecule has 6 heteroatoms. The van der Waals surface area contributed by atoms with Crippen molar-refractivity contribution >= 4 is 23.1 Å². The van der Waals surface area contributed by atoms with Gasteiger partial charge in [0, 0.05) is 5.69 Å². The van der Waals surface area contributed by atoms with Crippen LogP contribution in [0.5, 0.6) is 11.5 Å². The highest BCUT2D eigenvalue weighted by atomic mass is 32.1. The lowest BCUT2D eigenvalue weighted by Crippen LogP contribution is -2.11. The number of nitrogens with zero attached hydrogens (tertiary/aromatic N) is 2. The maximum Gasteiger partial charge on any atom is 0.269 e. The molecular weight excluding hydrogens is 298 g/mol. The number of amides is 1. The van der Waals surface area contributed by atoms with Crippen LogP contribution in [0.25, 0.3) is 0 Å². The fourth-order valence-electron chi connectivity index (χ4n) is 1.86. The van der Waals surface area contributed by atoms with E-state index < -0.39 is 0 Å². The molecule has 0 aliphatic heterocycles. The number of ether oxygens (including phenoxy) is 1. The van der Waals surface area contributed by atoms with Crippen molar-refractivity contribution < 1.29 is 9.53 Å². The van der Waals surface area contributed by atoms with Crippen LogP contribution in [0.3, 0.4) is 0 Å². The molecule has 0 unspecified atom stereocenters. The Kier molecular flexibility index (Phi) is 4.11. The molecule has 110 valence electrons. The Balaban J connectivity index is 1.67. The van der Waals surface area contributed by atoms with Crippen molar-refractivity contribution in [3.8, 4) is 11.5 Å². The summed E-state index contributed by atoms with van der Waals surface area (Å²) in [6, 6.07) is 16.7. The van der Waals surface area contributed by atoms with E-state index in [0.29, 0.717) is 22.0 Å². The number of benzene rings is 2. The average molecular weight is 311 g/mol. The molecule has 0 aliphatic carbocycles. The molecule has 1 N–H and O–H groups in total. The first kappa shape index (κ1) is 14.2. The summed E-state index contributed by atoms with van der Waals surface area (Å²) in [5.74, 6) is 1.27. The predicted octanol–water partition coefficient (Wildman–Crippen LogP) is 3.89. The first-order valence-corrected chi connectivity index (χ1v) is 7.43. The smallest absolute Gasteiger partial charge is 0.269 e. The predicted molar refractivity (Wildman–Crippen MR) is 85.6 cm³/mol. The summed E-state index contributed by atoms with van der Waals surface area (Å²) in [6.07, 6.45) is 0. The van der Waals surface area contributed by atoms with E-state index in [1.165, 1.54) is 0 Å². The van der Waals surface area contributed by atoms with Gasteiger partial charge in [0.2, 0.25) is 0 Å². The molecule has 0 fully saturated rings. The zero-order chi connectivity index (χ0) is 15.4. The van der Waals surface area contributed by atoms with E-state index >= 15 is 0 Å². The molecule has 0 radical (unpaired) electrons. The lowest BCUT2D eigenvalue weighted by atomic mass is 10.3. The third-order valence-electron chi connectivity index (χ3n) is 2.95. The number of hydrogen-bond donors (Lipinski definition) is 1. The normalized spacial score (nSPS) is 10.2. The minimum atomic E-state index is -0.204. The molecule has 1 amide bonds. The number of nitrogens with one attached hydrogen (secondary N) is 1. The Morgan fingerprint density at radius 2 is 1.73 bits per heavy atom. The zero-order valence-corrected chi connectivity index (χ0v) is 12.6. The van der Waals surface area contributed by atoms with Crippen molar-refractivity contribution in [1.82, 2.24) is 9.59 Å². The van der Waals surface area contributed by atoms with Crippen LogP contribution >= 0.6 is 11.5 Å². The van der Waals surface area contributed by atoms with E-state index in [9.17, 15) is 4.79 Å². The van der Waals surface area contributed by atoms with Gasteiger partial charge in [-0.05, 0) is 54.9 Å². The van der Waals surface area contributed by atoms with Crippen molar-refractivity contribution in [2.24, 2.45) is 0 Å². The van der Waals surface area contributed by atoms with Crippen LogP contribution in [-0.4, -0.2) is 15.5 Å². The summed E-state index contributed by atoms with van der Waals surface area (Å²) in [5.41, 5.74) is 1.32. The van der Waals surface area contributed by atoms with Gasteiger partial charge >= 0.3 is 0 Å². The molecule has 0 bridgehead atoms. The Bertz CT molecular complexity index is 770. The number of hydrogen-bond acceptors (Lipinski definition) is 5. The molecule has 3 aromatic rings. The highest BCUT2D eigenvalue weighted by Crippen LogP contribution is 2.23. The van der Waals surface area contributed by atoms with Crippen molar-refractivity contribution in [3.63, 3.8) is 0 Å². The van der Waals surface area contributed by atoms with Crippen LogP contribution < -0.4 is 10.1 Å². The minimum absolute atomic E-state index is 0.204. The molecule has 3 rings (SSSR count). The number of rotatable bonds is 4. The van der Waals surface area contributed by atoms with Gasteiger partial charge in [0.05, 0.1) is 5.69 Å². The number of carbonyl (C=O) groups excluding carboxylic acids is 1. The first-order chi connectivity index (χ1) is 10.7. The second-order valence-corrected chi connectivity index (χ2v) is 5.34. The standard InChI is InChI=1S/C16H13N3O2S/c1-11-15(22-19-18-11)16(20)17-12-7-9-14(10-8-12)21-13-5-3-2-4-6-13/h2-10H,1H3,(H,17,20). The molecule has 1 aromatic heterocycles. The van der Waals surface area contributed by atoms with Crippen LogP contribution in [0.2, 0.25) is 0 Å². The summed E-state index contributed by atoms with van der Waals surface area (Å²) in [7, 11) is 0. The summed E-state index contributed by atoms with van der Waals surface area (Å²) >= 11 is 1.08. The Morgan fingerprint density at radius 3 is 2.36 bits per heavy atom. The van der Waals surface area contributed by atoms with Gasteiger partial charge in [0.15, 0.2) is 0 Å². The van der Waals surface area contributed by atoms with Crippen molar-refractivity contribution in [2.45, 2.75) is 6.92 Å². The van der Waals surface area contributed by atoms with Crippen molar-refractivity contribution in [1.29, 1.82) is 0 Å². The van der Waals surface area contributed by atoms with Gasteiger partial charge < -0.3 is 10.1 Å². The van der Waals surface area contributed by atoms with E-state index in [2.05, 4.69) is 14.9 Å². The first-order valence-electron chi connectivity index (χ1n) is 6.65. The lowest BCUT2D eigenvalue weighted by Gasteiger charge is -2.07. The number of carbonyl (C=O) groups is 1. The minimum Gasteiger partial charge on any atom is -0.457 e. The van der Waals surface area contributed by atoms with Crippen LogP contribution in [0.15, 0.2) is 54.6 Å². The molecule has 5 nitrogen and oxygen atoms in total. The van der Waals surface area contributed by atoms with Crippen LogP contribution in [0, 0.1) is 6.92 Å². The van der Waals surface area contributed by atoms with Gasteiger partial charge in [0.1, 0.15) is 16.4 Å². The lowest BCUT2D eigenvalue weighted by molar-refractivity contribution is 0.103. The van der Waals surface area contributed by atoms with Gasteiger partial charge in [0.25, 0.3) is 5.91 Å². The molecular formula is C16H13N3O2S. The molecule has 0 spiro atoms. The third-order valence-corrected chi connectivity index (χ3v) is 3.78. The topological polar surface area (TPSA) is 64.1 Å². The molecule has 0 saturated heterocycles. The average Bonchev–Trinajstić information content (AvgIpc) is 2.96. The second kappa shape index (κ2) is 6.36. The zero-order valence-electron chi connectivity index (χ0n) is 11.8. The monoisotopic (exact) mass is 311 g/mol. The highest BCUT2D eigenvalue weighted by molar-refractivity contribution is 7.08. The fourth-order valence-corrected chi connectivity index (χ4v) is 2.41. The number of anilines is 1. The number of para-hydroxylation sites is 1. The number of aromatic nitrogens is 2. The van der Waals surface area contributed by atoms with Gasteiger partial charge in [-0.3, -0.25) is 4.79 Å². The van der Waals surface area contributed by atoms with Gasteiger partial charge in [-0.25, -0.2) is 0 Å². The van der Waals surface area contributed by atoms with Gasteiger partial charge in [-0.15, -0.1) is 5.10 Å². The molecule has 22 heavy (non-hydrogen) atoms. The third kappa shape index (κ3) is 3.29. The highest BCUT2D eigenvalue weighted by Gasteiger charge is 2.13. The fraction of sp³-hybridized carbons (Fsp3) is 0.0625. The molecule has 0 aliphatic rings. The van der Waals surface area contributed by atoms with Crippen LogP contribution in [-0.2, 0) is 0 Å². The van der Waals surface area contributed by atoms with E-state index in [1.807, 2.05) is 30.3 Å². The van der Waals surface area contributed by atoms with E-state index in [1.54, 1.807) is 31.2 Å². The van der Waals surface area contributed by atoms with Crippen molar-refractivity contribution in [2.75, 3.05) is 5.32 Å². The Labute approximate surface area is 131 Å². The number of aryl methyl sites for hydroxylation is 1. The van der Waals surface area contributed by atoms with Gasteiger partial charge in [-0.2, -0.15) is 0 Å². The Hall–Kier alpha value is -2.73. The van der Waals surface area contributed by atoms with E-state index in [4.69, 9.17) is 4.74 Å². The second-order valence-electron chi connectivity index (χ2n) is 4.58. The van der Waals surface area contributed by atoms with Crippen LogP contribution in [0.1, 0.15) is 15.4 Å². The maximum absolute atomic E-state index is 12.1. The van der Waals surface area contributed by atoms with Gasteiger partial charge in [-0.1, -0.05) is 22.7 Å². The quantitative estimate of drug-likeness (QED) is 0.794. The summed E-state index contributed by atoms with van der Waals surface area (Å²) in [6.45, 7) is 1.76. The van der Waals surface area contributed by atoms with E-state index in [-0.39, 0.29) is 5.91 Å². The Morgan fingerprint density at radius 1 is 1.05 bits per heavy atom. The van der Waals surface area contributed by atoms with E-state index in [0.717, 1.165) is 17.3 Å². The molecule has 0 atom stereocenters.